The van der Waals surface area contributed by atoms with Crippen LogP contribution in [0.1, 0.15) is 30.9 Å². The molecule has 1 atom stereocenters. The first-order valence-electron chi connectivity index (χ1n) is 7.09. The highest BCUT2D eigenvalue weighted by Crippen LogP contribution is 2.22. The fourth-order valence-corrected chi connectivity index (χ4v) is 2.74. The number of methoxy groups -OCH3 is 1. The van der Waals surface area contributed by atoms with Gasteiger partial charge in [-0.15, -0.1) is 0 Å². The topological polar surface area (TPSA) is 29.5 Å². The van der Waals surface area contributed by atoms with E-state index in [1.165, 1.54) is 38.6 Å². The van der Waals surface area contributed by atoms with E-state index in [0.717, 1.165) is 18.0 Å². The van der Waals surface area contributed by atoms with Crippen LogP contribution >= 0.6 is 0 Å². The molecule has 0 radical (unpaired) electrons. The van der Waals surface area contributed by atoms with Gasteiger partial charge >= 0.3 is 5.97 Å². The quantitative estimate of drug-likeness (QED) is 0.763. The summed E-state index contributed by atoms with van der Waals surface area (Å²) in [5.41, 5.74) is 2.35. The van der Waals surface area contributed by atoms with Crippen molar-refractivity contribution >= 4 is 5.97 Å². The molecule has 104 valence electrons. The molecule has 1 aromatic carbocycles. The highest BCUT2D eigenvalue weighted by molar-refractivity contribution is 5.72. The largest absolute Gasteiger partial charge is 0.469 e. The van der Waals surface area contributed by atoms with E-state index in [1.807, 2.05) is 18.2 Å². The van der Waals surface area contributed by atoms with E-state index >= 15 is 0 Å². The number of ether oxygens (including phenoxy) is 1. The summed E-state index contributed by atoms with van der Waals surface area (Å²) in [7, 11) is 1.44. The first-order valence-corrected chi connectivity index (χ1v) is 7.09. The number of likely N-dealkylation sites (tertiary alicyclic amines) is 1. The summed E-state index contributed by atoms with van der Waals surface area (Å²) in [4.78, 5) is 13.9. The van der Waals surface area contributed by atoms with E-state index in [4.69, 9.17) is 4.74 Å². The monoisotopic (exact) mass is 261 g/mol. The number of carbonyl (C=O) groups excluding carboxylic acids is 1. The van der Waals surface area contributed by atoms with Crippen LogP contribution < -0.4 is 0 Å². The molecule has 0 spiro atoms. The van der Waals surface area contributed by atoms with Gasteiger partial charge in [0.2, 0.25) is 0 Å². The minimum absolute atomic E-state index is 0.166. The van der Waals surface area contributed by atoms with Crippen molar-refractivity contribution in [2.24, 2.45) is 5.92 Å². The van der Waals surface area contributed by atoms with Crippen molar-refractivity contribution in [3.63, 3.8) is 0 Å². The van der Waals surface area contributed by atoms with Crippen molar-refractivity contribution in [1.82, 2.24) is 4.90 Å². The number of benzene rings is 1. The molecule has 1 heterocycles. The molecule has 2 rings (SSSR count). The molecule has 1 saturated heterocycles. The summed E-state index contributed by atoms with van der Waals surface area (Å²) in [5.74, 6) is 0.674. The molecule has 1 aromatic rings. The molecule has 0 saturated carbocycles. The number of nitrogens with zero attached hydrogens (tertiary/aromatic N) is 1. The Bertz CT molecular complexity index is 431. The van der Waals surface area contributed by atoms with E-state index < -0.39 is 0 Å². The molecule has 19 heavy (non-hydrogen) atoms. The maximum atomic E-state index is 11.4. The summed E-state index contributed by atoms with van der Waals surface area (Å²) < 4.78 is 4.76. The van der Waals surface area contributed by atoms with Crippen LogP contribution in [-0.2, 0) is 22.5 Å². The standard InChI is InChI=1S/C16H23NO2/c1-3-13-8-9-17(11-13)12-15-7-5-4-6-14(15)10-16(18)19-2/h4-7,13H,3,8-12H2,1-2H3. The number of esters is 1. The maximum absolute atomic E-state index is 11.4. The Morgan fingerprint density at radius 2 is 2.11 bits per heavy atom. The molecular formula is C16H23NO2. The van der Waals surface area contributed by atoms with Crippen molar-refractivity contribution in [2.75, 3.05) is 20.2 Å². The Morgan fingerprint density at radius 3 is 2.74 bits per heavy atom. The third-order valence-corrected chi connectivity index (χ3v) is 4.02. The van der Waals surface area contributed by atoms with Gasteiger partial charge in [-0.1, -0.05) is 37.6 Å². The third-order valence-electron chi connectivity index (χ3n) is 4.02. The van der Waals surface area contributed by atoms with Crippen LogP contribution in [0, 0.1) is 5.92 Å². The first-order chi connectivity index (χ1) is 9.22. The van der Waals surface area contributed by atoms with Gasteiger partial charge in [-0.2, -0.15) is 0 Å². The summed E-state index contributed by atoms with van der Waals surface area (Å²) in [6.45, 7) is 5.57. The van der Waals surface area contributed by atoms with Gasteiger partial charge in [-0.25, -0.2) is 0 Å². The van der Waals surface area contributed by atoms with Crippen LogP contribution in [-0.4, -0.2) is 31.1 Å². The average molecular weight is 261 g/mol. The van der Waals surface area contributed by atoms with E-state index in [9.17, 15) is 4.79 Å². The first kappa shape index (κ1) is 14.1. The molecule has 1 unspecified atom stereocenters. The van der Waals surface area contributed by atoms with Gasteiger partial charge < -0.3 is 4.74 Å². The molecule has 1 aliphatic heterocycles. The molecule has 0 aliphatic carbocycles. The minimum atomic E-state index is -0.166. The van der Waals surface area contributed by atoms with Gasteiger partial charge in [0.15, 0.2) is 0 Å². The molecule has 3 heteroatoms. The molecule has 1 aliphatic rings. The summed E-state index contributed by atoms with van der Waals surface area (Å²) in [5, 5.41) is 0. The Labute approximate surface area is 115 Å². The normalized spacial score (nSPS) is 19.6. The number of rotatable bonds is 5. The smallest absolute Gasteiger partial charge is 0.309 e. The molecular weight excluding hydrogens is 238 g/mol. The van der Waals surface area contributed by atoms with Crippen LogP contribution in [0.15, 0.2) is 24.3 Å². The van der Waals surface area contributed by atoms with Gasteiger partial charge in [0, 0.05) is 13.1 Å². The highest BCUT2D eigenvalue weighted by atomic mass is 16.5. The number of hydrogen-bond acceptors (Lipinski definition) is 3. The van der Waals surface area contributed by atoms with Crippen molar-refractivity contribution in [3.8, 4) is 0 Å². The van der Waals surface area contributed by atoms with Crippen molar-refractivity contribution in [2.45, 2.75) is 32.7 Å². The Morgan fingerprint density at radius 1 is 1.37 bits per heavy atom. The highest BCUT2D eigenvalue weighted by Gasteiger charge is 2.21. The molecule has 0 N–H and O–H groups in total. The fourth-order valence-electron chi connectivity index (χ4n) is 2.74. The van der Waals surface area contributed by atoms with E-state index in [1.54, 1.807) is 0 Å². The van der Waals surface area contributed by atoms with Crippen molar-refractivity contribution in [3.05, 3.63) is 35.4 Å². The minimum Gasteiger partial charge on any atom is -0.469 e. The second-order valence-electron chi connectivity index (χ2n) is 5.32. The molecule has 0 aromatic heterocycles. The molecule has 0 amide bonds. The summed E-state index contributed by atoms with van der Waals surface area (Å²) in [6, 6.07) is 8.18. The zero-order valence-corrected chi connectivity index (χ0v) is 11.9. The Hall–Kier alpha value is -1.35. The average Bonchev–Trinajstić information content (AvgIpc) is 2.88. The lowest BCUT2D eigenvalue weighted by Crippen LogP contribution is -2.21. The van der Waals surface area contributed by atoms with Crippen LogP contribution in [0.3, 0.4) is 0 Å². The SMILES string of the molecule is CCC1CCN(Cc2ccccc2CC(=O)OC)C1. The van der Waals surface area contributed by atoms with Gasteiger partial charge in [-0.3, -0.25) is 9.69 Å². The van der Waals surface area contributed by atoms with Crippen molar-refractivity contribution in [1.29, 1.82) is 0 Å². The third kappa shape index (κ3) is 3.80. The molecule has 1 fully saturated rings. The van der Waals surface area contributed by atoms with Crippen LogP contribution in [0.2, 0.25) is 0 Å². The van der Waals surface area contributed by atoms with E-state index in [2.05, 4.69) is 17.9 Å². The summed E-state index contributed by atoms with van der Waals surface area (Å²) in [6.07, 6.45) is 2.94. The zero-order chi connectivity index (χ0) is 13.7. The molecule has 0 bridgehead atoms. The predicted octanol–water partition coefficient (Wildman–Crippen LogP) is 2.63. The van der Waals surface area contributed by atoms with E-state index in [0.29, 0.717) is 6.42 Å². The van der Waals surface area contributed by atoms with Crippen molar-refractivity contribution < 1.29 is 9.53 Å². The fraction of sp³-hybridized carbons (Fsp3) is 0.562. The lowest BCUT2D eigenvalue weighted by Gasteiger charge is -2.18. The Balaban J connectivity index is 2.01. The molecule has 3 nitrogen and oxygen atoms in total. The maximum Gasteiger partial charge on any atom is 0.309 e. The van der Waals surface area contributed by atoms with Gasteiger partial charge in [0.05, 0.1) is 13.5 Å². The van der Waals surface area contributed by atoms with Crippen LogP contribution in [0.25, 0.3) is 0 Å². The lowest BCUT2D eigenvalue weighted by molar-refractivity contribution is -0.139. The number of hydrogen-bond donors (Lipinski definition) is 0. The van der Waals surface area contributed by atoms with Gasteiger partial charge in [-0.05, 0) is 30.0 Å². The second-order valence-corrected chi connectivity index (χ2v) is 5.32. The summed E-state index contributed by atoms with van der Waals surface area (Å²) >= 11 is 0. The van der Waals surface area contributed by atoms with Crippen LogP contribution in [0.4, 0.5) is 0 Å². The Kier molecular flexibility index (Phi) is 4.97. The van der Waals surface area contributed by atoms with Crippen LogP contribution in [0.5, 0.6) is 0 Å². The van der Waals surface area contributed by atoms with Gasteiger partial charge in [0.25, 0.3) is 0 Å². The van der Waals surface area contributed by atoms with Gasteiger partial charge in [0.1, 0.15) is 0 Å². The number of carbonyl (C=O) groups is 1. The second kappa shape index (κ2) is 6.71. The predicted molar refractivity (Wildman–Crippen MR) is 75.8 cm³/mol. The zero-order valence-electron chi connectivity index (χ0n) is 11.9. The van der Waals surface area contributed by atoms with E-state index in [-0.39, 0.29) is 5.97 Å². The lowest BCUT2D eigenvalue weighted by atomic mass is 10.0.